The van der Waals surface area contributed by atoms with Crippen molar-refractivity contribution in [2.24, 2.45) is 11.8 Å². The predicted octanol–water partition coefficient (Wildman–Crippen LogP) is 1.52. The van der Waals surface area contributed by atoms with Gasteiger partial charge in [0.2, 0.25) is 11.8 Å². The number of esters is 1. The average Bonchev–Trinajstić information content (AvgIpc) is 3.24. The van der Waals surface area contributed by atoms with Gasteiger partial charge in [-0.15, -0.1) is 0 Å². The molecule has 0 aromatic heterocycles. The Bertz CT molecular complexity index is 1020. The van der Waals surface area contributed by atoms with Gasteiger partial charge in [-0.3, -0.25) is 24.6 Å². The molecule has 3 N–H and O–H groups in total. The monoisotopic (exact) mass is 424 g/mol. The van der Waals surface area contributed by atoms with E-state index in [0.717, 1.165) is 0 Å². The summed E-state index contributed by atoms with van der Waals surface area (Å²) in [5.74, 6) is -2.94. The Morgan fingerprint density at radius 2 is 1.61 bits per heavy atom. The van der Waals surface area contributed by atoms with E-state index in [1.807, 2.05) is 0 Å². The Morgan fingerprint density at radius 1 is 1.03 bits per heavy atom. The Balaban J connectivity index is 1.85. The quantitative estimate of drug-likeness (QED) is 0.492. The van der Waals surface area contributed by atoms with Gasteiger partial charge in [0, 0.05) is 19.0 Å². The van der Waals surface area contributed by atoms with Gasteiger partial charge in [-0.1, -0.05) is 24.3 Å². The molecule has 2 fully saturated rings. The van der Waals surface area contributed by atoms with Gasteiger partial charge in [0.05, 0.1) is 18.9 Å². The third-order valence-corrected chi connectivity index (χ3v) is 6.28. The summed E-state index contributed by atoms with van der Waals surface area (Å²) >= 11 is 0. The van der Waals surface area contributed by atoms with Crippen molar-refractivity contribution in [2.75, 3.05) is 13.7 Å². The van der Waals surface area contributed by atoms with Crippen LogP contribution in [0.5, 0.6) is 11.5 Å². The second-order valence-corrected chi connectivity index (χ2v) is 7.94. The standard InChI is InChI=1S/C23H24N2O6/c1-3-25-20(28)17-18(21(25)29)23(22(30)31-2,12-13-4-8-15(26)9-5-13)24-19(17)14-6-10-16(27)11-7-14/h4-11,17-19,24,26-27H,3,12H2,1-2H3/t17-,18+,19-,23+/m0/s1. The Hall–Kier alpha value is -3.39. The smallest absolute Gasteiger partial charge is 0.327 e. The predicted molar refractivity (Wildman–Crippen MR) is 110 cm³/mol. The van der Waals surface area contributed by atoms with Crippen LogP contribution in [0.25, 0.3) is 0 Å². The van der Waals surface area contributed by atoms with Crippen LogP contribution < -0.4 is 5.32 Å². The maximum Gasteiger partial charge on any atom is 0.327 e. The highest BCUT2D eigenvalue weighted by molar-refractivity contribution is 6.09. The zero-order chi connectivity index (χ0) is 22.3. The highest BCUT2D eigenvalue weighted by Crippen LogP contribution is 2.50. The Morgan fingerprint density at radius 3 is 2.16 bits per heavy atom. The minimum Gasteiger partial charge on any atom is -0.508 e. The molecule has 2 amide bonds. The summed E-state index contributed by atoms with van der Waals surface area (Å²) in [6.45, 7) is 1.93. The van der Waals surface area contributed by atoms with E-state index in [1.165, 1.54) is 36.3 Å². The van der Waals surface area contributed by atoms with E-state index in [2.05, 4.69) is 5.32 Å². The summed E-state index contributed by atoms with van der Waals surface area (Å²) in [5.41, 5.74) is -0.0744. The zero-order valence-corrected chi connectivity index (χ0v) is 17.2. The van der Waals surface area contributed by atoms with Crippen molar-refractivity contribution in [1.29, 1.82) is 0 Å². The molecule has 0 radical (unpaired) electrons. The number of phenolic OH excluding ortho intramolecular Hbond substituents is 2. The molecule has 0 spiro atoms. The van der Waals surface area contributed by atoms with Crippen LogP contribution in [0.1, 0.15) is 24.1 Å². The molecule has 4 atom stereocenters. The molecule has 2 aliphatic rings. The molecular weight excluding hydrogens is 400 g/mol. The first-order valence-corrected chi connectivity index (χ1v) is 10.1. The van der Waals surface area contributed by atoms with Crippen molar-refractivity contribution in [2.45, 2.75) is 24.9 Å². The highest BCUT2D eigenvalue weighted by atomic mass is 16.5. The maximum atomic E-state index is 13.3. The molecule has 4 rings (SSSR count). The van der Waals surface area contributed by atoms with Gasteiger partial charge in [-0.05, 0) is 42.3 Å². The first-order valence-electron chi connectivity index (χ1n) is 10.1. The fourth-order valence-corrected chi connectivity index (χ4v) is 4.88. The number of amides is 2. The number of aromatic hydroxyl groups is 2. The number of nitrogens with zero attached hydrogens (tertiary/aromatic N) is 1. The molecule has 0 saturated carbocycles. The summed E-state index contributed by atoms with van der Waals surface area (Å²) in [5, 5.41) is 22.5. The number of methoxy groups -OCH3 is 1. The van der Waals surface area contributed by atoms with Gasteiger partial charge in [0.25, 0.3) is 0 Å². The number of ether oxygens (including phenoxy) is 1. The number of fused-ring (bicyclic) bond motifs is 1. The van der Waals surface area contributed by atoms with Crippen LogP contribution in [-0.4, -0.2) is 52.1 Å². The maximum absolute atomic E-state index is 13.3. The number of nitrogens with one attached hydrogen (secondary N) is 1. The number of phenols is 2. The number of likely N-dealkylation sites (tertiary alicyclic amines) is 1. The number of hydrogen-bond acceptors (Lipinski definition) is 7. The van der Waals surface area contributed by atoms with Crippen LogP contribution >= 0.6 is 0 Å². The number of rotatable bonds is 5. The van der Waals surface area contributed by atoms with Crippen molar-refractivity contribution in [3.05, 3.63) is 59.7 Å². The van der Waals surface area contributed by atoms with Crippen LogP contribution in [0.15, 0.2) is 48.5 Å². The number of benzene rings is 2. The number of carbonyl (C=O) groups excluding carboxylic acids is 3. The van der Waals surface area contributed by atoms with Crippen LogP contribution in [0.4, 0.5) is 0 Å². The summed E-state index contributed by atoms with van der Waals surface area (Å²) in [6.07, 6.45) is 0.103. The highest BCUT2D eigenvalue weighted by Gasteiger charge is 2.68. The van der Waals surface area contributed by atoms with Crippen molar-refractivity contribution >= 4 is 17.8 Å². The first-order chi connectivity index (χ1) is 14.8. The Kier molecular flexibility index (Phi) is 5.18. The summed E-state index contributed by atoms with van der Waals surface area (Å²) in [4.78, 5) is 40.9. The van der Waals surface area contributed by atoms with Crippen LogP contribution in [0, 0.1) is 11.8 Å². The molecule has 8 heteroatoms. The fourth-order valence-electron chi connectivity index (χ4n) is 4.88. The summed E-state index contributed by atoms with van der Waals surface area (Å²) < 4.78 is 5.12. The molecule has 0 bridgehead atoms. The summed E-state index contributed by atoms with van der Waals surface area (Å²) in [7, 11) is 1.25. The zero-order valence-electron chi connectivity index (χ0n) is 17.2. The lowest BCUT2D eigenvalue weighted by atomic mass is 9.76. The van der Waals surface area contributed by atoms with Crippen molar-refractivity contribution in [3.63, 3.8) is 0 Å². The van der Waals surface area contributed by atoms with E-state index in [1.54, 1.807) is 31.2 Å². The Labute approximate surface area is 179 Å². The van der Waals surface area contributed by atoms with E-state index in [9.17, 15) is 24.6 Å². The van der Waals surface area contributed by atoms with E-state index in [0.29, 0.717) is 11.1 Å². The largest absolute Gasteiger partial charge is 0.508 e. The minimum atomic E-state index is -1.46. The van der Waals surface area contributed by atoms with Crippen LogP contribution in [-0.2, 0) is 25.5 Å². The number of carbonyl (C=O) groups is 3. The van der Waals surface area contributed by atoms with E-state index >= 15 is 0 Å². The van der Waals surface area contributed by atoms with E-state index in [-0.39, 0.29) is 30.4 Å². The first kappa shape index (κ1) is 20.9. The number of imide groups is 1. The van der Waals surface area contributed by atoms with E-state index < -0.39 is 35.3 Å². The molecule has 162 valence electrons. The lowest BCUT2D eigenvalue weighted by molar-refractivity contribution is -0.154. The molecular formula is C23H24N2O6. The van der Waals surface area contributed by atoms with Gasteiger partial charge in [-0.2, -0.15) is 0 Å². The normalized spacial score (nSPS) is 27.4. The third-order valence-electron chi connectivity index (χ3n) is 6.28. The lowest BCUT2D eigenvalue weighted by Gasteiger charge is -2.32. The van der Waals surface area contributed by atoms with Gasteiger partial charge >= 0.3 is 5.97 Å². The molecule has 8 nitrogen and oxygen atoms in total. The minimum absolute atomic E-state index is 0.0747. The second-order valence-electron chi connectivity index (χ2n) is 7.94. The van der Waals surface area contributed by atoms with Crippen molar-refractivity contribution in [3.8, 4) is 11.5 Å². The SMILES string of the molecule is CCN1C(=O)[C@@H]2[C@H](c3ccc(O)cc3)N[C@@](Cc3ccc(O)cc3)(C(=O)OC)[C@H]2C1=O. The molecule has 2 heterocycles. The van der Waals surface area contributed by atoms with Crippen LogP contribution in [0.3, 0.4) is 0 Å². The third kappa shape index (κ3) is 3.23. The van der Waals surface area contributed by atoms with Crippen molar-refractivity contribution < 1.29 is 29.3 Å². The molecule has 2 aromatic carbocycles. The topological polar surface area (TPSA) is 116 Å². The van der Waals surface area contributed by atoms with E-state index in [4.69, 9.17) is 4.74 Å². The molecule has 2 aromatic rings. The molecule has 2 aliphatic heterocycles. The molecule has 31 heavy (non-hydrogen) atoms. The van der Waals surface area contributed by atoms with Crippen molar-refractivity contribution in [1.82, 2.24) is 10.2 Å². The molecule has 0 aliphatic carbocycles. The van der Waals surface area contributed by atoms with Gasteiger partial charge in [0.1, 0.15) is 17.0 Å². The van der Waals surface area contributed by atoms with Gasteiger partial charge < -0.3 is 14.9 Å². The van der Waals surface area contributed by atoms with Gasteiger partial charge in [-0.25, -0.2) is 0 Å². The second kappa shape index (κ2) is 7.70. The molecule has 0 unspecified atom stereocenters. The average molecular weight is 424 g/mol. The number of hydrogen-bond donors (Lipinski definition) is 3. The lowest BCUT2D eigenvalue weighted by Crippen LogP contribution is -2.57. The fraction of sp³-hybridized carbons (Fsp3) is 0.348. The molecule has 2 saturated heterocycles. The van der Waals surface area contributed by atoms with Crippen LogP contribution in [0.2, 0.25) is 0 Å². The van der Waals surface area contributed by atoms with Gasteiger partial charge in [0.15, 0.2) is 0 Å². The summed E-state index contributed by atoms with van der Waals surface area (Å²) in [6, 6.07) is 12.1.